The highest BCUT2D eigenvalue weighted by Gasteiger charge is 2.51. The Bertz CT molecular complexity index is 410. The van der Waals surface area contributed by atoms with E-state index in [2.05, 4.69) is 4.74 Å². The second kappa shape index (κ2) is 6.21. The summed E-state index contributed by atoms with van der Waals surface area (Å²) >= 11 is 0. The third kappa shape index (κ3) is 3.31. The fourth-order valence-electron chi connectivity index (χ4n) is 5.65. The van der Waals surface area contributed by atoms with Crippen molar-refractivity contribution in [3.05, 3.63) is 0 Å². The first-order valence-electron chi connectivity index (χ1n) is 8.80. The molecule has 0 heterocycles. The molecule has 4 heteroatoms. The van der Waals surface area contributed by atoms with Gasteiger partial charge in [0, 0.05) is 26.4 Å². The molecule has 0 aromatic carbocycles. The summed E-state index contributed by atoms with van der Waals surface area (Å²) in [5.74, 6) is 2.75. The SMILES string of the molecule is COC(=O)CCCN(C)C(=O)CC12CC3CC(CC(C3)C1)C2. The fourth-order valence-corrected chi connectivity index (χ4v) is 5.65. The zero-order valence-corrected chi connectivity index (χ0v) is 14.0. The van der Waals surface area contributed by atoms with Gasteiger partial charge < -0.3 is 9.64 Å². The Morgan fingerprint density at radius 2 is 1.64 bits per heavy atom. The van der Waals surface area contributed by atoms with Crippen molar-refractivity contribution in [3.8, 4) is 0 Å². The lowest BCUT2D eigenvalue weighted by Crippen LogP contribution is -2.48. The standard InChI is InChI=1S/C18H29NO3/c1-19(5-3-4-17(21)22-2)16(20)12-18-9-13-6-14(10-18)8-15(7-13)11-18/h13-15H,3-12H2,1-2H3. The lowest BCUT2D eigenvalue weighted by Gasteiger charge is -2.56. The van der Waals surface area contributed by atoms with E-state index in [9.17, 15) is 9.59 Å². The predicted octanol–water partition coefficient (Wildman–Crippen LogP) is 3.00. The van der Waals surface area contributed by atoms with Gasteiger partial charge in [-0.1, -0.05) is 0 Å². The average molecular weight is 307 g/mol. The number of hydrogen-bond donors (Lipinski definition) is 0. The number of methoxy groups -OCH3 is 1. The van der Waals surface area contributed by atoms with Crippen LogP contribution in [0.4, 0.5) is 0 Å². The summed E-state index contributed by atoms with van der Waals surface area (Å²) in [6.45, 7) is 0.653. The summed E-state index contributed by atoms with van der Waals surface area (Å²) in [5, 5.41) is 0. The van der Waals surface area contributed by atoms with Crippen LogP contribution in [-0.2, 0) is 14.3 Å². The van der Waals surface area contributed by atoms with E-state index < -0.39 is 0 Å². The maximum atomic E-state index is 12.6. The lowest BCUT2D eigenvalue weighted by atomic mass is 9.49. The number of hydrogen-bond acceptors (Lipinski definition) is 3. The van der Waals surface area contributed by atoms with Crippen molar-refractivity contribution >= 4 is 11.9 Å². The molecule has 0 radical (unpaired) electrons. The molecule has 4 bridgehead atoms. The third-order valence-corrected chi connectivity index (χ3v) is 6.22. The molecule has 4 fully saturated rings. The van der Waals surface area contributed by atoms with Gasteiger partial charge in [0.1, 0.15) is 0 Å². The first-order chi connectivity index (χ1) is 10.5. The Morgan fingerprint density at radius 1 is 1.09 bits per heavy atom. The minimum absolute atomic E-state index is 0.193. The van der Waals surface area contributed by atoms with Gasteiger partial charge >= 0.3 is 5.97 Å². The molecule has 0 spiro atoms. The highest BCUT2D eigenvalue weighted by molar-refractivity contribution is 5.77. The Morgan fingerprint density at radius 3 is 2.14 bits per heavy atom. The van der Waals surface area contributed by atoms with Crippen molar-refractivity contribution in [1.82, 2.24) is 4.90 Å². The summed E-state index contributed by atoms with van der Waals surface area (Å²) < 4.78 is 4.64. The highest BCUT2D eigenvalue weighted by atomic mass is 16.5. The van der Waals surface area contributed by atoms with E-state index in [4.69, 9.17) is 0 Å². The van der Waals surface area contributed by atoms with Crippen LogP contribution in [0, 0.1) is 23.2 Å². The first-order valence-corrected chi connectivity index (χ1v) is 8.80. The number of amides is 1. The number of rotatable bonds is 6. The topological polar surface area (TPSA) is 46.6 Å². The minimum atomic E-state index is -0.193. The van der Waals surface area contributed by atoms with Crippen molar-refractivity contribution in [2.45, 2.75) is 57.8 Å². The fraction of sp³-hybridized carbons (Fsp3) is 0.889. The van der Waals surface area contributed by atoms with E-state index in [-0.39, 0.29) is 11.9 Å². The van der Waals surface area contributed by atoms with Crippen LogP contribution in [0.25, 0.3) is 0 Å². The molecule has 124 valence electrons. The van der Waals surface area contributed by atoms with Crippen LogP contribution < -0.4 is 0 Å². The highest BCUT2D eigenvalue weighted by Crippen LogP contribution is 2.61. The first kappa shape index (κ1) is 15.8. The molecule has 4 aliphatic carbocycles. The largest absolute Gasteiger partial charge is 0.469 e. The quantitative estimate of drug-likeness (QED) is 0.709. The van der Waals surface area contributed by atoms with Crippen molar-refractivity contribution in [2.24, 2.45) is 23.2 Å². The molecule has 0 aliphatic heterocycles. The van der Waals surface area contributed by atoms with Gasteiger partial charge in [0.25, 0.3) is 0 Å². The van der Waals surface area contributed by atoms with Crippen molar-refractivity contribution in [2.75, 3.05) is 20.7 Å². The molecule has 0 unspecified atom stereocenters. The smallest absolute Gasteiger partial charge is 0.305 e. The molecule has 4 nitrogen and oxygen atoms in total. The van der Waals surface area contributed by atoms with Gasteiger partial charge in [-0.2, -0.15) is 0 Å². The van der Waals surface area contributed by atoms with Gasteiger partial charge in [-0.25, -0.2) is 0 Å². The number of esters is 1. The predicted molar refractivity (Wildman–Crippen MR) is 84.1 cm³/mol. The number of carbonyl (C=O) groups excluding carboxylic acids is 2. The maximum absolute atomic E-state index is 12.6. The van der Waals surface area contributed by atoms with Gasteiger partial charge in [-0.05, 0) is 68.1 Å². The molecule has 0 aromatic heterocycles. The zero-order valence-electron chi connectivity index (χ0n) is 14.0. The average Bonchev–Trinajstić information content (AvgIpc) is 2.44. The molecular weight excluding hydrogens is 278 g/mol. The van der Waals surface area contributed by atoms with Crippen molar-refractivity contribution < 1.29 is 14.3 Å². The second-order valence-corrected chi connectivity index (χ2v) is 8.09. The van der Waals surface area contributed by atoms with Gasteiger partial charge in [0.05, 0.1) is 7.11 Å². The molecule has 0 atom stereocenters. The van der Waals surface area contributed by atoms with E-state index in [1.165, 1.54) is 45.6 Å². The van der Waals surface area contributed by atoms with E-state index >= 15 is 0 Å². The Balaban J connectivity index is 1.50. The minimum Gasteiger partial charge on any atom is -0.469 e. The molecule has 22 heavy (non-hydrogen) atoms. The summed E-state index contributed by atoms with van der Waals surface area (Å²) in [4.78, 5) is 25.5. The molecular formula is C18H29NO3. The Labute approximate surface area is 133 Å². The van der Waals surface area contributed by atoms with E-state index in [1.807, 2.05) is 11.9 Å². The number of nitrogens with zero attached hydrogens (tertiary/aromatic N) is 1. The van der Waals surface area contributed by atoms with Gasteiger partial charge in [0.2, 0.25) is 5.91 Å². The van der Waals surface area contributed by atoms with Gasteiger partial charge in [-0.3, -0.25) is 9.59 Å². The Hall–Kier alpha value is -1.06. The monoisotopic (exact) mass is 307 g/mol. The van der Waals surface area contributed by atoms with E-state index in [1.54, 1.807) is 0 Å². The normalized spacial score (nSPS) is 35.5. The molecule has 0 N–H and O–H groups in total. The zero-order chi connectivity index (χ0) is 15.7. The van der Waals surface area contributed by atoms with Crippen LogP contribution >= 0.6 is 0 Å². The maximum Gasteiger partial charge on any atom is 0.305 e. The van der Waals surface area contributed by atoms with Gasteiger partial charge in [0.15, 0.2) is 0 Å². The summed E-state index contributed by atoms with van der Waals surface area (Å²) in [7, 11) is 3.28. The van der Waals surface area contributed by atoms with Crippen LogP contribution in [-0.4, -0.2) is 37.5 Å². The van der Waals surface area contributed by atoms with Crippen LogP contribution in [0.2, 0.25) is 0 Å². The summed E-state index contributed by atoms with van der Waals surface area (Å²) in [5.41, 5.74) is 0.308. The van der Waals surface area contributed by atoms with Crippen molar-refractivity contribution in [1.29, 1.82) is 0 Å². The van der Waals surface area contributed by atoms with Crippen LogP contribution in [0.15, 0.2) is 0 Å². The molecule has 0 saturated heterocycles. The lowest BCUT2D eigenvalue weighted by molar-refractivity contribution is -0.142. The molecule has 1 amide bonds. The van der Waals surface area contributed by atoms with Crippen molar-refractivity contribution in [3.63, 3.8) is 0 Å². The van der Waals surface area contributed by atoms with E-state index in [0.717, 1.165) is 24.2 Å². The van der Waals surface area contributed by atoms with Crippen LogP contribution in [0.1, 0.15) is 57.8 Å². The third-order valence-electron chi connectivity index (χ3n) is 6.22. The Kier molecular flexibility index (Phi) is 4.47. The summed E-state index contributed by atoms with van der Waals surface area (Å²) in [6.07, 6.45) is 9.90. The molecule has 4 rings (SSSR count). The molecule has 0 aromatic rings. The van der Waals surface area contributed by atoms with Crippen LogP contribution in [0.3, 0.4) is 0 Å². The second-order valence-electron chi connectivity index (χ2n) is 8.09. The summed E-state index contributed by atoms with van der Waals surface area (Å²) in [6, 6.07) is 0. The number of ether oxygens (including phenoxy) is 1. The molecule has 4 saturated carbocycles. The van der Waals surface area contributed by atoms with E-state index in [0.29, 0.717) is 24.8 Å². The number of carbonyl (C=O) groups is 2. The van der Waals surface area contributed by atoms with Gasteiger partial charge in [-0.15, -0.1) is 0 Å². The van der Waals surface area contributed by atoms with Crippen LogP contribution in [0.5, 0.6) is 0 Å². The molecule has 4 aliphatic rings.